The van der Waals surface area contributed by atoms with Crippen molar-refractivity contribution in [2.24, 2.45) is 0 Å². The van der Waals surface area contributed by atoms with Crippen molar-refractivity contribution in [3.63, 3.8) is 0 Å². The van der Waals surface area contributed by atoms with E-state index < -0.39 is 12.6 Å². The van der Waals surface area contributed by atoms with Crippen molar-refractivity contribution < 1.29 is 13.2 Å². The van der Waals surface area contributed by atoms with Crippen LogP contribution in [0.1, 0.15) is 25.5 Å². The molecule has 0 bridgehead atoms. The van der Waals surface area contributed by atoms with Gasteiger partial charge in [-0.1, -0.05) is 0 Å². The molecule has 0 aliphatic carbocycles. The van der Waals surface area contributed by atoms with Gasteiger partial charge in [-0.15, -0.1) is 0 Å². The second-order valence-corrected chi connectivity index (χ2v) is 3.68. The predicted molar refractivity (Wildman–Crippen MR) is 57.1 cm³/mol. The molecule has 0 aliphatic rings. The van der Waals surface area contributed by atoms with Gasteiger partial charge in [0.15, 0.2) is 0 Å². The molecule has 1 rings (SSSR count). The molecule has 5 heteroatoms. The smallest absolute Gasteiger partial charge is 0.351 e. The van der Waals surface area contributed by atoms with E-state index in [4.69, 9.17) is 0 Å². The fourth-order valence-corrected chi connectivity index (χ4v) is 1.55. The summed E-state index contributed by atoms with van der Waals surface area (Å²) in [7, 11) is 0. The Hall–Kier alpha value is -0.970. The molecular weight excluding hydrogens is 217 g/mol. The van der Waals surface area contributed by atoms with E-state index in [1.165, 1.54) is 0 Å². The summed E-state index contributed by atoms with van der Waals surface area (Å²) in [6, 6.07) is 3.91. The highest BCUT2D eigenvalue weighted by atomic mass is 19.4. The topological polar surface area (TPSA) is 17.0 Å². The summed E-state index contributed by atoms with van der Waals surface area (Å²) in [5.41, 5.74) is 1.11. The molecule has 0 radical (unpaired) electrons. The molecule has 0 atom stereocenters. The zero-order chi connectivity index (χ0) is 12.0. The quantitative estimate of drug-likeness (QED) is 0.749. The van der Waals surface area contributed by atoms with Gasteiger partial charge in [-0.2, -0.15) is 13.2 Å². The van der Waals surface area contributed by atoms with Crippen LogP contribution in [-0.4, -0.2) is 17.3 Å². The second-order valence-electron chi connectivity index (χ2n) is 3.68. The molecule has 0 spiro atoms. The SMILES string of the molecule is CCn1cccc1CNCCCC(F)(F)F. The van der Waals surface area contributed by atoms with Gasteiger partial charge >= 0.3 is 6.18 Å². The summed E-state index contributed by atoms with van der Waals surface area (Å²) < 4.78 is 37.6. The Balaban J connectivity index is 2.16. The first-order valence-corrected chi connectivity index (χ1v) is 5.44. The molecule has 0 aromatic carbocycles. The largest absolute Gasteiger partial charge is 0.389 e. The molecule has 0 aliphatic heterocycles. The second kappa shape index (κ2) is 5.94. The van der Waals surface area contributed by atoms with Gasteiger partial charge in [0.25, 0.3) is 0 Å². The molecule has 1 aromatic heterocycles. The van der Waals surface area contributed by atoms with Gasteiger partial charge in [0.05, 0.1) is 0 Å². The number of nitrogens with zero attached hydrogens (tertiary/aromatic N) is 1. The van der Waals surface area contributed by atoms with Gasteiger partial charge in [-0.25, -0.2) is 0 Å². The first-order valence-electron chi connectivity index (χ1n) is 5.44. The molecule has 1 aromatic rings. The zero-order valence-corrected chi connectivity index (χ0v) is 9.35. The van der Waals surface area contributed by atoms with Gasteiger partial charge < -0.3 is 9.88 Å². The number of aryl methyl sites for hydroxylation is 1. The van der Waals surface area contributed by atoms with Gasteiger partial charge in [0, 0.05) is 31.4 Å². The van der Waals surface area contributed by atoms with E-state index in [0.717, 1.165) is 12.2 Å². The van der Waals surface area contributed by atoms with Crippen LogP contribution in [0, 0.1) is 0 Å². The Kier molecular flexibility index (Phi) is 4.86. The molecule has 16 heavy (non-hydrogen) atoms. The minimum Gasteiger partial charge on any atom is -0.351 e. The lowest BCUT2D eigenvalue weighted by Crippen LogP contribution is -2.19. The van der Waals surface area contributed by atoms with E-state index >= 15 is 0 Å². The normalized spacial score (nSPS) is 12.0. The Labute approximate surface area is 93.5 Å². The average Bonchev–Trinajstić information content (AvgIpc) is 2.63. The molecule has 1 N–H and O–H groups in total. The number of aromatic nitrogens is 1. The van der Waals surface area contributed by atoms with Crippen molar-refractivity contribution in [3.8, 4) is 0 Å². The Morgan fingerprint density at radius 3 is 2.75 bits per heavy atom. The molecule has 0 saturated heterocycles. The third kappa shape index (κ3) is 4.70. The number of alkyl halides is 3. The van der Waals surface area contributed by atoms with Crippen LogP contribution in [0.25, 0.3) is 0 Å². The van der Waals surface area contributed by atoms with Crippen molar-refractivity contribution in [1.29, 1.82) is 0 Å². The van der Waals surface area contributed by atoms with Crippen LogP contribution in [0.4, 0.5) is 13.2 Å². The number of hydrogen-bond donors (Lipinski definition) is 1. The highest BCUT2D eigenvalue weighted by molar-refractivity contribution is 5.06. The lowest BCUT2D eigenvalue weighted by atomic mass is 10.3. The molecule has 1 heterocycles. The summed E-state index contributed by atoms with van der Waals surface area (Å²) in [6.07, 6.45) is -2.65. The fourth-order valence-electron chi connectivity index (χ4n) is 1.55. The van der Waals surface area contributed by atoms with E-state index in [-0.39, 0.29) is 6.42 Å². The summed E-state index contributed by atoms with van der Waals surface area (Å²) in [6.45, 7) is 3.94. The molecule has 0 fully saturated rings. The summed E-state index contributed by atoms with van der Waals surface area (Å²) in [5, 5.41) is 3.01. The van der Waals surface area contributed by atoms with Crippen molar-refractivity contribution >= 4 is 0 Å². The number of hydrogen-bond acceptors (Lipinski definition) is 1. The summed E-state index contributed by atoms with van der Waals surface area (Å²) >= 11 is 0. The predicted octanol–water partition coefficient (Wildman–Crippen LogP) is 2.94. The van der Waals surface area contributed by atoms with E-state index in [1.54, 1.807) is 0 Å². The molecule has 2 nitrogen and oxygen atoms in total. The van der Waals surface area contributed by atoms with E-state index in [2.05, 4.69) is 9.88 Å². The maximum absolute atomic E-state index is 11.8. The Bertz CT molecular complexity index is 304. The maximum Gasteiger partial charge on any atom is 0.389 e. The number of nitrogens with one attached hydrogen (secondary N) is 1. The molecule has 92 valence electrons. The third-order valence-electron chi connectivity index (χ3n) is 2.38. The first-order chi connectivity index (χ1) is 7.53. The first kappa shape index (κ1) is 13.1. The van der Waals surface area contributed by atoms with Crippen LogP contribution >= 0.6 is 0 Å². The Morgan fingerprint density at radius 2 is 2.12 bits per heavy atom. The van der Waals surface area contributed by atoms with Crippen LogP contribution in [0.5, 0.6) is 0 Å². The molecule has 0 amide bonds. The zero-order valence-electron chi connectivity index (χ0n) is 9.35. The number of rotatable bonds is 6. The van der Waals surface area contributed by atoms with Crippen molar-refractivity contribution in [2.45, 2.75) is 39.0 Å². The van der Waals surface area contributed by atoms with Gasteiger partial charge in [0.1, 0.15) is 0 Å². The molecular formula is C11H17F3N2. The van der Waals surface area contributed by atoms with Crippen LogP contribution < -0.4 is 5.32 Å². The monoisotopic (exact) mass is 234 g/mol. The van der Waals surface area contributed by atoms with Crippen LogP contribution in [0.2, 0.25) is 0 Å². The van der Waals surface area contributed by atoms with Crippen LogP contribution in [0.3, 0.4) is 0 Å². The van der Waals surface area contributed by atoms with E-state index in [1.807, 2.05) is 25.3 Å². The van der Waals surface area contributed by atoms with Crippen LogP contribution in [-0.2, 0) is 13.1 Å². The van der Waals surface area contributed by atoms with Crippen molar-refractivity contribution in [3.05, 3.63) is 24.0 Å². The molecule has 0 unspecified atom stereocenters. The average molecular weight is 234 g/mol. The van der Waals surface area contributed by atoms with Gasteiger partial charge in [-0.3, -0.25) is 0 Å². The van der Waals surface area contributed by atoms with Crippen molar-refractivity contribution in [1.82, 2.24) is 9.88 Å². The van der Waals surface area contributed by atoms with Crippen LogP contribution in [0.15, 0.2) is 18.3 Å². The maximum atomic E-state index is 11.8. The highest BCUT2D eigenvalue weighted by Gasteiger charge is 2.25. The van der Waals surface area contributed by atoms with Crippen molar-refractivity contribution in [2.75, 3.05) is 6.54 Å². The number of halogens is 3. The summed E-state index contributed by atoms with van der Waals surface area (Å²) in [4.78, 5) is 0. The molecule has 0 saturated carbocycles. The standard InChI is InChI=1S/C11H17F3N2/c1-2-16-8-3-5-10(16)9-15-7-4-6-11(12,13)14/h3,5,8,15H,2,4,6-7,9H2,1H3. The van der Waals surface area contributed by atoms with Gasteiger partial charge in [-0.05, 0) is 32.0 Å². The fraction of sp³-hybridized carbons (Fsp3) is 0.636. The Morgan fingerprint density at radius 1 is 1.38 bits per heavy atom. The minimum atomic E-state index is -4.04. The third-order valence-corrected chi connectivity index (χ3v) is 2.38. The summed E-state index contributed by atoms with van der Waals surface area (Å²) in [5.74, 6) is 0. The highest BCUT2D eigenvalue weighted by Crippen LogP contribution is 2.20. The minimum absolute atomic E-state index is 0.135. The lowest BCUT2D eigenvalue weighted by Gasteiger charge is -2.09. The van der Waals surface area contributed by atoms with E-state index in [9.17, 15) is 13.2 Å². The van der Waals surface area contributed by atoms with E-state index in [0.29, 0.717) is 13.1 Å². The lowest BCUT2D eigenvalue weighted by molar-refractivity contribution is -0.135. The van der Waals surface area contributed by atoms with Gasteiger partial charge in [0.2, 0.25) is 0 Å².